The molecule has 1 radical (unpaired) electrons. The Morgan fingerprint density at radius 2 is 1.00 bits per heavy atom. The average Bonchev–Trinajstić information content (AvgIpc) is 0. The first-order chi connectivity index (χ1) is 0. The third-order valence-electron chi connectivity index (χ3n) is 0. The van der Waals surface area contributed by atoms with E-state index in [1.165, 1.54) is 0 Å². The fourth-order valence-electron chi connectivity index (χ4n) is 0. The Hall–Kier alpha value is 3.95. The molecule has 0 rings (SSSR count). The number of rotatable bonds is 0. The third kappa shape index (κ3) is 9.35. The van der Waals surface area contributed by atoms with Crippen molar-refractivity contribution >= 4 is 107 Å². The van der Waals surface area contributed by atoms with Crippen molar-refractivity contribution < 1.29 is 22.4 Å². The molecule has 0 heterocycles. The van der Waals surface area contributed by atoms with Crippen LogP contribution in [0, 0.1) is 0 Å². The van der Waals surface area contributed by atoms with Crippen molar-refractivity contribution in [3.05, 3.63) is 0 Å². The molecule has 4 heteroatoms. The molecule has 0 aliphatic rings. The van der Waals surface area contributed by atoms with Crippen LogP contribution in [0.3, 0.4) is 0 Å². The molecule has 0 aromatic rings. The fourth-order valence-corrected chi connectivity index (χ4v) is 0. The number of hydrogen-bond acceptors (Lipinski definition) is 0. The van der Waals surface area contributed by atoms with Gasteiger partial charge in [0, 0.05) is 22.4 Å². The zero-order chi connectivity index (χ0) is 0. The maximum atomic E-state index is 0. The van der Waals surface area contributed by atoms with E-state index in [9.17, 15) is 0 Å². The molecule has 0 bridgehead atoms. The van der Waals surface area contributed by atoms with Crippen LogP contribution in [0.1, 0.15) is 0 Å². The van der Waals surface area contributed by atoms with E-state index < -0.39 is 0 Å². The van der Waals surface area contributed by atoms with Crippen LogP contribution in [0.2, 0.25) is 0 Å². The second-order valence-electron chi connectivity index (χ2n) is 0. The summed E-state index contributed by atoms with van der Waals surface area (Å²) in [6, 6.07) is 0. The third-order valence-corrected chi connectivity index (χ3v) is 0. The van der Waals surface area contributed by atoms with E-state index in [4.69, 9.17) is 0 Å². The molecular weight excluding hydrogens is 391 g/mol. The molecule has 0 unspecified atom stereocenters. The van der Waals surface area contributed by atoms with Crippen LogP contribution < -0.4 is 0 Å². The van der Waals surface area contributed by atoms with E-state index in [0.29, 0.717) is 0 Å². The van der Waals surface area contributed by atoms with Gasteiger partial charge in [0.25, 0.3) is 0 Å². The molecule has 0 atom stereocenters. The van der Waals surface area contributed by atoms with E-state index in [0.717, 1.165) is 0 Å². The van der Waals surface area contributed by atoms with Crippen LogP contribution in [-0.4, -0.2) is 94.7 Å². The minimum absolute atomic E-state index is 0. The first-order valence-electron chi connectivity index (χ1n) is 0. The van der Waals surface area contributed by atoms with Gasteiger partial charge in [0.2, 0.25) is 0 Å². The molecule has 0 amide bonds. The van der Waals surface area contributed by atoms with Gasteiger partial charge in [-0.05, 0) is 0 Å². The molecule has 0 saturated carbocycles. The summed E-state index contributed by atoms with van der Waals surface area (Å²) in [6.45, 7) is 0. The zero-order valence-corrected chi connectivity index (χ0v) is 3.01. The molecule has 0 aromatic heterocycles. The van der Waals surface area contributed by atoms with Gasteiger partial charge < -0.3 is 0 Å². The summed E-state index contributed by atoms with van der Waals surface area (Å²) in [5.74, 6) is 0. The van der Waals surface area contributed by atoms with Gasteiger partial charge in [-0.2, -0.15) is 0 Å². The van der Waals surface area contributed by atoms with Crippen molar-refractivity contribution in [3.63, 3.8) is 0 Å². The van der Waals surface area contributed by atoms with Crippen molar-refractivity contribution in [2.45, 2.75) is 0 Å². The Labute approximate surface area is 125 Å². The summed E-state index contributed by atoms with van der Waals surface area (Å²) in [4.78, 5) is 0. The van der Waals surface area contributed by atoms with Gasteiger partial charge in [-0.25, -0.2) is 0 Å². The van der Waals surface area contributed by atoms with Crippen molar-refractivity contribution in [2.75, 3.05) is 0 Å². The topological polar surface area (TPSA) is 0 Å². The maximum absolute atomic E-state index is 0. The van der Waals surface area contributed by atoms with E-state index in [2.05, 4.69) is 0 Å². The quantitative estimate of drug-likeness (QED) is 0.442. The molecule has 0 nitrogen and oxygen atoms in total. The van der Waals surface area contributed by atoms with Gasteiger partial charge in [0.15, 0.2) is 0 Å². The van der Waals surface area contributed by atoms with Gasteiger partial charge in [0.1, 0.15) is 0 Å². The molecule has 0 aromatic carbocycles. The van der Waals surface area contributed by atoms with Gasteiger partial charge in [-0.15, -0.1) is 12.4 Å². The van der Waals surface area contributed by atoms with Gasteiger partial charge in [-0.1, -0.05) is 0 Å². The van der Waals surface area contributed by atoms with E-state index in [1.54, 1.807) is 0 Å². The summed E-state index contributed by atoms with van der Waals surface area (Å²) < 4.78 is 0. The van der Waals surface area contributed by atoms with E-state index in [-0.39, 0.29) is 130 Å². The summed E-state index contributed by atoms with van der Waals surface area (Å²) in [5.41, 5.74) is 0. The number of hydrogen-bond donors (Lipinski definition) is 0. The molecule has 0 aliphatic carbocycles. The average molecular weight is 396 g/mol. The predicted octanol–water partition coefficient (Wildman–Crippen LogP) is -1.41. The zero-order valence-electron chi connectivity index (χ0n) is 0.710. The molecule has 0 spiro atoms. The van der Waals surface area contributed by atoms with Crippen molar-refractivity contribution in [1.29, 1.82) is 0 Å². The van der Waals surface area contributed by atoms with Crippen molar-refractivity contribution in [2.24, 2.45) is 0 Å². The SMILES string of the molecule is Cl.[Ag].[CsH].[InH3]. The van der Waals surface area contributed by atoms with Gasteiger partial charge in [0.05, 0.1) is 0 Å². The second kappa shape index (κ2) is 15.8. The summed E-state index contributed by atoms with van der Waals surface area (Å²) in [6.07, 6.45) is 0. The Morgan fingerprint density at radius 3 is 1.00 bits per heavy atom. The second-order valence-corrected chi connectivity index (χ2v) is 0. The fraction of sp³-hybridized carbons (Fsp3) is 0. The normalized spacial score (nSPS) is 0. The summed E-state index contributed by atoms with van der Waals surface area (Å²) in [5, 5.41) is 0. The van der Waals surface area contributed by atoms with E-state index in [1.807, 2.05) is 0 Å². The van der Waals surface area contributed by atoms with Crippen LogP contribution in [0.4, 0.5) is 0 Å². The van der Waals surface area contributed by atoms with Crippen LogP contribution in [0.5, 0.6) is 0 Å². The van der Waals surface area contributed by atoms with Crippen LogP contribution in [0.15, 0.2) is 0 Å². The van der Waals surface area contributed by atoms with Crippen molar-refractivity contribution in [1.82, 2.24) is 0 Å². The van der Waals surface area contributed by atoms with Crippen LogP contribution >= 0.6 is 12.4 Å². The first kappa shape index (κ1) is 24.6. The Morgan fingerprint density at radius 1 is 1.00 bits per heavy atom. The molecular formula is H5AgClCsIn. The van der Waals surface area contributed by atoms with Gasteiger partial charge >= 0.3 is 94.7 Å². The van der Waals surface area contributed by atoms with E-state index >= 15 is 0 Å². The standard InChI is InChI=1S/Ag.ClH.Cs.In.4H/h;1H;;;;;;. The van der Waals surface area contributed by atoms with Crippen LogP contribution in [-0.2, 0) is 22.4 Å². The first-order valence-corrected chi connectivity index (χ1v) is 0. The predicted molar refractivity (Wildman–Crippen MR) is 24.3 cm³/mol. The molecule has 0 fully saturated rings. The summed E-state index contributed by atoms with van der Waals surface area (Å²) in [7, 11) is 0. The monoisotopic (exact) mass is 395 g/mol. The molecule has 0 aliphatic heterocycles. The Bertz CT molecular complexity index is 8.00. The summed E-state index contributed by atoms with van der Waals surface area (Å²) >= 11 is 0. The molecule has 0 saturated heterocycles. The van der Waals surface area contributed by atoms with Gasteiger partial charge in [-0.3, -0.25) is 0 Å². The number of halogens is 1. The molecule has 4 heavy (non-hydrogen) atoms. The van der Waals surface area contributed by atoms with Crippen LogP contribution in [0.25, 0.3) is 0 Å². The minimum atomic E-state index is 0. The molecule has 27 valence electrons. The molecule has 0 N–H and O–H groups in total. The Kier molecular flexibility index (Phi) is 97.0. The van der Waals surface area contributed by atoms with Crippen molar-refractivity contribution in [3.8, 4) is 0 Å². The Balaban J connectivity index is 0.